The molecule has 1 amide bonds. The number of hydrogen-bond donors (Lipinski definition) is 2. The maximum Gasteiger partial charge on any atom is 0.241 e. The lowest BCUT2D eigenvalue weighted by Gasteiger charge is -2.57. The van der Waals surface area contributed by atoms with E-state index in [2.05, 4.69) is 22.2 Å². The fourth-order valence-corrected chi connectivity index (χ4v) is 8.88. The minimum atomic E-state index is -3.80. The highest BCUT2D eigenvalue weighted by atomic mass is 32.2. The lowest BCUT2D eigenvalue weighted by atomic mass is 9.48. The second-order valence-corrected chi connectivity index (χ2v) is 13.6. The quantitative estimate of drug-likeness (QED) is 0.350. The summed E-state index contributed by atoms with van der Waals surface area (Å²) in [5.74, 6) is 2.44. The van der Waals surface area contributed by atoms with Crippen molar-refractivity contribution in [3.63, 3.8) is 0 Å². The van der Waals surface area contributed by atoms with E-state index in [4.69, 9.17) is 0 Å². The first-order chi connectivity index (χ1) is 18.3. The first kappa shape index (κ1) is 25.3. The highest BCUT2D eigenvalue weighted by Crippen LogP contribution is 2.60. The summed E-state index contributed by atoms with van der Waals surface area (Å²) in [4.78, 5) is 13.3. The van der Waals surface area contributed by atoms with Crippen LogP contribution in [-0.4, -0.2) is 14.3 Å². The minimum Gasteiger partial charge on any atom is -0.326 e. The summed E-state index contributed by atoms with van der Waals surface area (Å²) in [5, 5.41) is 3.00. The smallest absolute Gasteiger partial charge is 0.241 e. The molecule has 7 rings (SSSR count). The molecule has 0 aromatic heterocycles. The van der Waals surface area contributed by atoms with Gasteiger partial charge in [0.1, 0.15) is 0 Å². The molecular weight excluding hydrogens is 492 g/mol. The van der Waals surface area contributed by atoms with Gasteiger partial charge in [-0.25, -0.2) is 13.1 Å². The van der Waals surface area contributed by atoms with Gasteiger partial charge in [0.05, 0.1) is 10.9 Å². The van der Waals surface area contributed by atoms with Crippen molar-refractivity contribution < 1.29 is 13.2 Å². The molecule has 4 fully saturated rings. The molecule has 3 aromatic rings. The van der Waals surface area contributed by atoms with Crippen LogP contribution in [0.25, 0.3) is 0 Å². The van der Waals surface area contributed by atoms with Gasteiger partial charge in [0.25, 0.3) is 0 Å². The van der Waals surface area contributed by atoms with Crippen molar-refractivity contribution in [2.24, 2.45) is 17.8 Å². The standard InChI is InChI=1S/C32H36N2O3S/c1-22-7-13-29(14-8-22)38(36,37)34-30(26-5-3-2-4-6-26)18-31(35)33-28-11-9-27(10-12-28)32-19-23-15-24(20-32)17-25(16-23)21-32/h2-14,23-25,30,34H,15-21H2,1H3,(H,33,35)/t23?,24?,25?,30-,32?/m0/s1. The van der Waals surface area contributed by atoms with Gasteiger partial charge in [0, 0.05) is 12.1 Å². The van der Waals surface area contributed by atoms with E-state index in [9.17, 15) is 13.2 Å². The van der Waals surface area contributed by atoms with Crippen LogP contribution in [0.15, 0.2) is 83.8 Å². The molecule has 5 nitrogen and oxygen atoms in total. The van der Waals surface area contributed by atoms with E-state index < -0.39 is 16.1 Å². The number of carbonyl (C=O) groups excluding carboxylic acids is 1. The molecule has 0 saturated heterocycles. The van der Waals surface area contributed by atoms with Crippen molar-refractivity contribution in [1.82, 2.24) is 4.72 Å². The molecule has 4 aliphatic rings. The Balaban J connectivity index is 1.16. The number of hydrogen-bond acceptors (Lipinski definition) is 3. The Hall–Kier alpha value is -2.96. The van der Waals surface area contributed by atoms with Crippen LogP contribution < -0.4 is 10.0 Å². The van der Waals surface area contributed by atoms with Gasteiger partial charge in [0.15, 0.2) is 0 Å². The first-order valence-corrected chi connectivity index (χ1v) is 15.3. The molecule has 0 unspecified atom stereocenters. The monoisotopic (exact) mass is 528 g/mol. The van der Waals surface area contributed by atoms with Crippen LogP contribution in [0, 0.1) is 24.7 Å². The van der Waals surface area contributed by atoms with Crippen LogP contribution in [0.4, 0.5) is 5.69 Å². The minimum absolute atomic E-state index is 0.00810. The Morgan fingerprint density at radius 2 is 1.42 bits per heavy atom. The van der Waals surface area contributed by atoms with E-state index in [1.807, 2.05) is 49.4 Å². The number of sulfonamides is 1. The third-order valence-electron chi connectivity index (χ3n) is 9.04. The third kappa shape index (κ3) is 5.16. The molecule has 0 heterocycles. The van der Waals surface area contributed by atoms with Crippen molar-refractivity contribution in [3.8, 4) is 0 Å². The SMILES string of the molecule is Cc1ccc(S(=O)(=O)N[C@@H](CC(=O)Nc2ccc(C34CC5CC(CC(C5)C3)C4)cc2)c2ccccc2)cc1. The largest absolute Gasteiger partial charge is 0.326 e. The van der Waals surface area contributed by atoms with Gasteiger partial charge >= 0.3 is 0 Å². The van der Waals surface area contributed by atoms with Crippen LogP contribution in [0.3, 0.4) is 0 Å². The number of carbonyl (C=O) groups is 1. The van der Waals surface area contributed by atoms with Gasteiger partial charge in [0.2, 0.25) is 15.9 Å². The molecule has 4 saturated carbocycles. The number of rotatable bonds is 8. The van der Waals surface area contributed by atoms with Crippen LogP contribution in [0.5, 0.6) is 0 Å². The molecule has 4 aliphatic carbocycles. The van der Waals surface area contributed by atoms with Gasteiger partial charge in [-0.05, 0) is 104 Å². The highest BCUT2D eigenvalue weighted by Gasteiger charge is 2.51. The summed E-state index contributed by atoms with van der Waals surface area (Å²) in [6, 6.07) is 23.7. The maximum atomic E-state index is 13.1. The molecule has 0 radical (unpaired) electrons. The van der Waals surface area contributed by atoms with E-state index in [1.54, 1.807) is 24.3 Å². The summed E-state index contributed by atoms with van der Waals surface area (Å²) in [7, 11) is -3.80. The molecule has 0 aliphatic heterocycles. The van der Waals surface area contributed by atoms with E-state index in [0.29, 0.717) is 5.41 Å². The zero-order chi connectivity index (χ0) is 26.3. The van der Waals surface area contributed by atoms with E-state index >= 15 is 0 Å². The average Bonchev–Trinajstić information content (AvgIpc) is 2.88. The first-order valence-electron chi connectivity index (χ1n) is 13.8. The van der Waals surface area contributed by atoms with Gasteiger partial charge in [-0.2, -0.15) is 0 Å². The fourth-order valence-electron chi connectivity index (χ4n) is 7.65. The molecule has 6 heteroatoms. The summed E-state index contributed by atoms with van der Waals surface area (Å²) in [6.45, 7) is 1.91. The number of anilines is 1. The maximum absolute atomic E-state index is 13.1. The fraction of sp³-hybridized carbons (Fsp3) is 0.406. The van der Waals surface area contributed by atoms with E-state index in [-0.39, 0.29) is 17.2 Å². The Morgan fingerprint density at radius 1 is 0.842 bits per heavy atom. The van der Waals surface area contributed by atoms with Crippen molar-refractivity contribution in [3.05, 3.63) is 95.6 Å². The molecular formula is C32H36N2O3S. The van der Waals surface area contributed by atoms with Crippen LogP contribution in [0.1, 0.15) is 67.7 Å². The lowest BCUT2D eigenvalue weighted by molar-refractivity contribution is -0.116. The predicted octanol–water partition coefficient (Wildman–Crippen LogP) is 6.51. The van der Waals surface area contributed by atoms with Crippen LogP contribution >= 0.6 is 0 Å². The Morgan fingerprint density at radius 3 is 2.00 bits per heavy atom. The summed E-state index contributed by atoms with van der Waals surface area (Å²) < 4.78 is 29.0. The number of benzene rings is 3. The molecule has 0 spiro atoms. The van der Waals surface area contributed by atoms with E-state index in [0.717, 1.165) is 34.6 Å². The second-order valence-electron chi connectivity index (χ2n) is 11.9. The van der Waals surface area contributed by atoms with Crippen molar-refractivity contribution in [1.29, 1.82) is 0 Å². The van der Waals surface area contributed by atoms with Crippen molar-refractivity contribution in [2.75, 3.05) is 5.32 Å². The Kier molecular flexibility index (Phi) is 6.65. The lowest BCUT2D eigenvalue weighted by Crippen LogP contribution is -2.48. The molecule has 1 atom stereocenters. The van der Waals surface area contributed by atoms with Gasteiger partial charge in [-0.15, -0.1) is 0 Å². The number of nitrogens with one attached hydrogen (secondary N) is 2. The summed E-state index contributed by atoms with van der Waals surface area (Å²) in [6.07, 6.45) is 8.18. The summed E-state index contributed by atoms with van der Waals surface area (Å²) in [5.41, 5.74) is 4.22. The van der Waals surface area contributed by atoms with Crippen LogP contribution in [0.2, 0.25) is 0 Å². The second kappa shape index (κ2) is 9.97. The zero-order valence-electron chi connectivity index (χ0n) is 21.9. The Bertz CT molecular complexity index is 1360. The molecule has 4 bridgehead atoms. The molecule has 3 aromatic carbocycles. The third-order valence-corrected chi connectivity index (χ3v) is 10.5. The van der Waals surface area contributed by atoms with E-state index in [1.165, 1.54) is 44.1 Å². The van der Waals surface area contributed by atoms with Crippen LogP contribution in [-0.2, 0) is 20.2 Å². The zero-order valence-corrected chi connectivity index (χ0v) is 22.7. The molecule has 38 heavy (non-hydrogen) atoms. The highest BCUT2D eigenvalue weighted by molar-refractivity contribution is 7.89. The number of amides is 1. The predicted molar refractivity (Wildman–Crippen MR) is 150 cm³/mol. The molecule has 2 N–H and O–H groups in total. The average molecular weight is 529 g/mol. The summed E-state index contributed by atoms with van der Waals surface area (Å²) >= 11 is 0. The van der Waals surface area contributed by atoms with Gasteiger partial charge in [-0.3, -0.25) is 4.79 Å². The Labute approximate surface area is 226 Å². The normalized spacial score (nSPS) is 26.7. The number of aryl methyl sites for hydroxylation is 1. The van der Waals surface area contributed by atoms with Gasteiger partial charge < -0.3 is 5.32 Å². The van der Waals surface area contributed by atoms with Crippen molar-refractivity contribution >= 4 is 21.6 Å². The molecule has 198 valence electrons. The van der Waals surface area contributed by atoms with Gasteiger partial charge in [-0.1, -0.05) is 60.2 Å². The van der Waals surface area contributed by atoms with Crippen molar-refractivity contribution in [2.45, 2.75) is 68.2 Å². The topological polar surface area (TPSA) is 75.3 Å².